The molecule has 5 rings (SSSR count). The smallest absolute Gasteiger partial charge is 0.295 e. The highest BCUT2D eigenvalue weighted by Gasteiger charge is 2.44. The molecule has 0 bridgehead atoms. The highest BCUT2D eigenvalue weighted by molar-refractivity contribution is 9.10. The van der Waals surface area contributed by atoms with Gasteiger partial charge in [-0.15, -0.1) is 0 Å². The fourth-order valence-electron chi connectivity index (χ4n) is 4.25. The van der Waals surface area contributed by atoms with E-state index in [9.17, 15) is 14.0 Å². The van der Waals surface area contributed by atoms with Crippen LogP contribution < -0.4 is 19.8 Å². The molecule has 35 heavy (non-hydrogen) atoms. The van der Waals surface area contributed by atoms with Crippen LogP contribution in [-0.4, -0.2) is 19.6 Å². The second-order valence-corrected chi connectivity index (χ2v) is 8.79. The van der Waals surface area contributed by atoms with Crippen molar-refractivity contribution < 1.29 is 23.1 Å². The Kier molecular flexibility index (Phi) is 5.90. The lowest BCUT2D eigenvalue weighted by atomic mass is 9.97. The van der Waals surface area contributed by atoms with Crippen LogP contribution >= 0.6 is 15.9 Å². The number of nitrogens with zero attached hydrogens (tertiary/aromatic N) is 1. The molecule has 4 aromatic rings. The van der Waals surface area contributed by atoms with Gasteiger partial charge in [0.25, 0.3) is 5.91 Å². The second-order valence-electron chi connectivity index (χ2n) is 7.88. The lowest BCUT2D eigenvalue weighted by Crippen LogP contribution is -2.29. The molecular weight excluding hydrogens is 517 g/mol. The predicted molar refractivity (Wildman–Crippen MR) is 134 cm³/mol. The minimum atomic E-state index is -0.829. The van der Waals surface area contributed by atoms with Crippen molar-refractivity contribution in [1.29, 1.82) is 0 Å². The van der Waals surface area contributed by atoms with Crippen LogP contribution in [0.4, 0.5) is 10.1 Å². The van der Waals surface area contributed by atoms with Gasteiger partial charge in [0.1, 0.15) is 18.0 Å². The molecule has 0 spiro atoms. The number of carbonyl (C=O) groups excluding carboxylic acids is 1. The maximum absolute atomic E-state index is 14.0. The third-order valence-corrected chi connectivity index (χ3v) is 6.33. The zero-order valence-corrected chi connectivity index (χ0v) is 20.2. The van der Waals surface area contributed by atoms with Crippen LogP contribution in [0.1, 0.15) is 27.7 Å². The molecule has 3 aromatic carbocycles. The monoisotopic (exact) mass is 535 g/mol. The number of anilines is 1. The van der Waals surface area contributed by atoms with Crippen molar-refractivity contribution in [2.24, 2.45) is 0 Å². The Morgan fingerprint density at radius 1 is 1.09 bits per heavy atom. The topological polar surface area (TPSA) is 69.0 Å². The van der Waals surface area contributed by atoms with Crippen LogP contribution in [0.5, 0.6) is 11.5 Å². The van der Waals surface area contributed by atoms with Gasteiger partial charge in [0.15, 0.2) is 16.9 Å². The Morgan fingerprint density at radius 3 is 2.57 bits per heavy atom. The molecule has 1 aliphatic rings. The fourth-order valence-corrected chi connectivity index (χ4v) is 4.52. The Morgan fingerprint density at radius 2 is 1.86 bits per heavy atom. The van der Waals surface area contributed by atoms with E-state index >= 15 is 0 Å². The maximum atomic E-state index is 14.0. The Labute approximate surface area is 208 Å². The largest absolute Gasteiger partial charge is 0.493 e. The van der Waals surface area contributed by atoms with Crippen LogP contribution in [0.2, 0.25) is 0 Å². The highest BCUT2D eigenvalue weighted by Crippen LogP contribution is 2.43. The van der Waals surface area contributed by atoms with Crippen molar-refractivity contribution in [1.82, 2.24) is 0 Å². The van der Waals surface area contributed by atoms with Crippen LogP contribution in [-0.2, 0) is 0 Å². The van der Waals surface area contributed by atoms with E-state index < -0.39 is 23.2 Å². The number of hydrogen-bond donors (Lipinski definition) is 0. The van der Waals surface area contributed by atoms with E-state index in [2.05, 4.69) is 22.5 Å². The van der Waals surface area contributed by atoms with Crippen LogP contribution in [0, 0.1) is 5.82 Å². The number of fused-ring (bicyclic) bond motifs is 2. The second kappa shape index (κ2) is 9.03. The van der Waals surface area contributed by atoms with Crippen LogP contribution in [0.3, 0.4) is 0 Å². The Hall–Kier alpha value is -3.91. The summed E-state index contributed by atoms with van der Waals surface area (Å²) >= 11 is 3.41. The number of halogens is 2. The van der Waals surface area contributed by atoms with Gasteiger partial charge in [-0.1, -0.05) is 34.7 Å². The van der Waals surface area contributed by atoms with E-state index in [1.165, 1.54) is 24.1 Å². The molecule has 0 saturated carbocycles. The first-order valence-corrected chi connectivity index (χ1v) is 11.5. The van der Waals surface area contributed by atoms with E-state index in [-0.39, 0.29) is 28.9 Å². The third kappa shape index (κ3) is 3.89. The number of amides is 1. The Bertz CT molecular complexity index is 1530. The first-order valence-electron chi connectivity index (χ1n) is 10.7. The summed E-state index contributed by atoms with van der Waals surface area (Å²) in [7, 11) is 1.50. The highest BCUT2D eigenvalue weighted by atomic mass is 79.9. The number of hydrogen-bond acceptors (Lipinski definition) is 5. The molecule has 0 radical (unpaired) electrons. The molecule has 0 saturated heterocycles. The van der Waals surface area contributed by atoms with Crippen molar-refractivity contribution in [2.75, 3.05) is 18.6 Å². The zero-order chi connectivity index (χ0) is 24.7. The molecule has 1 aliphatic heterocycles. The molecule has 1 amide bonds. The maximum Gasteiger partial charge on any atom is 0.295 e. The van der Waals surface area contributed by atoms with E-state index in [1.54, 1.807) is 48.5 Å². The summed E-state index contributed by atoms with van der Waals surface area (Å²) in [6.45, 7) is 3.93. The normalized spacial score (nSPS) is 14.8. The molecule has 1 aromatic heterocycles. The van der Waals surface area contributed by atoms with Gasteiger partial charge >= 0.3 is 0 Å². The SMILES string of the molecule is C=CCOc1ccc(C2c3c(oc4ccc(F)cc4c3=O)C(=O)N2c2ccc(Br)cc2)cc1OC. The van der Waals surface area contributed by atoms with E-state index in [0.717, 1.165) is 10.5 Å². The van der Waals surface area contributed by atoms with Gasteiger partial charge in [-0.05, 0) is 60.2 Å². The van der Waals surface area contributed by atoms with E-state index in [0.29, 0.717) is 22.7 Å². The van der Waals surface area contributed by atoms with Gasteiger partial charge in [0.2, 0.25) is 5.76 Å². The summed E-state index contributed by atoms with van der Waals surface area (Å²) in [6, 6.07) is 15.2. The summed E-state index contributed by atoms with van der Waals surface area (Å²) < 4.78 is 31.9. The van der Waals surface area contributed by atoms with Crippen molar-refractivity contribution in [2.45, 2.75) is 6.04 Å². The van der Waals surface area contributed by atoms with Gasteiger partial charge in [-0.25, -0.2) is 4.39 Å². The molecule has 1 atom stereocenters. The first kappa shape index (κ1) is 22.9. The molecule has 8 heteroatoms. The van der Waals surface area contributed by atoms with E-state index in [4.69, 9.17) is 13.9 Å². The predicted octanol–water partition coefficient (Wildman–Crippen LogP) is 6.02. The van der Waals surface area contributed by atoms with Crippen LogP contribution in [0.25, 0.3) is 11.0 Å². The summed E-state index contributed by atoms with van der Waals surface area (Å²) in [5, 5.41) is 0.0668. The quantitative estimate of drug-likeness (QED) is 0.282. The summed E-state index contributed by atoms with van der Waals surface area (Å²) in [5.41, 5.74) is 0.981. The van der Waals surface area contributed by atoms with Gasteiger partial charge < -0.3 is 13.9 Å². The first-order chi connectivity index (χ1) is 16.9. The van der Waals surface area contributed by atoms with Gasteiger partial charge in [0, 0.05) is 10.2 Å². The lowest BCUT2D eigenvalue weighted by molar-refractivity contribution is 0.0971. The molecule has 176 valence electrons. The number of ether oxygens (including phenoxy) is 2. The average Bonchev–Trinajstić information content (AvgIpc) is 3.16. The zero-order valence-electron chi connectivity index (χ0n) is 18.6. The molecule has 0 aliphatic carbocycles. The van der Waals surface area contributed by atoms with Crippen molar-refractivity contribution in [3.8, 4) is 11.5 Å². The van der Waals surface area contributed by atoms with Gasteiger partial charge in [-0.2, -0.15) is 0 Å². The number of methoxy groups -OCH3 is 1. The lowest BCUT2D eigenvalue weighted by Gasteiger charge is -2.26. The minimum Gasteiger partial charge on any atom is -0.493 e. The molecule has 0 fully saturated rings. The third-order valence-electron chi connectivity index (χ3n) is 5.80. The fraction of sp³-hybridized carbons (Fsp3) is 0.111. The minimum absolute atomic E-state index is 0.0668. The molecule has 0 N–H and O–H groups in total. The van der Waals surface area contributed by atoms with E-state index in [1.807, 2.05) is 0 Å². The molecule has 2 heterocycles. The van der Waals surface area contributed by atoms with Crippen molar-refractivity contribution >= 4 is 38.5 Å². The van der Waals surface area contributed by atoms with Gasteiger partial charge in [-0.3, -0.25) is 14.5 Å². The molecule has 6 nitrogen and oxygen atoms in total. The average molecular weight is 536 g/mol. The molecule has 1 unspecified atom stereocenters. The number of benzene rings is 3. The Balaban J connectivity index is 1.76. The van der Waals surface area contributed by atoms with Crippen molar-refractivity contribution in [3.05, 3.63) is 111 Å². The van der Waals surface area contributed by atoms with Crippen LogP contribution in [0.15, 0.2) is 87.0 Å². The standard InChI is InChI=1S/C27H19BrFNO5/c1-3-12-34-21-10-4-15(13-22(21)33-2)24-23-25(31)19-14-17(29)7-11-20(19)35-26(23)27(32)30(24)18-8-5-16(28)6-9-18/h3-11,13-14,24H,1,12H2,2H3. The summed E-state index contributed by atoms with van der Waals surface area (Å²) in [6.07, 6.45) is 1.62. The summed E-state index contributed by atoms with van der Waals surface area (Å²) in [4.78, 5) is 28.7. The number of rotatable bonds is 6. The summed E-state index contributed by atoms with van der Waals surface area (Å²) in [5.74, 6) is -0.198. The van der Waals surface area contributed by atoms with Gasteiger partial charge in [0.05, 0.1) is 24.1 Å². The van der Waals surface area contributed by atoms with Crippen molar-refractivity contribution in [3.63, 3.8) is 0 Å². The number of carbonyl (C=O) groups is 1. The molecular formula is C27H19BrFNO5.